The molecular weight excluding hydrogens is 442 g/mol. The van der Waals surface area contributed by atoms with Gasteiger partial charge in [0.25, 0.3) is 0 Å². The van der Waals surface area contributed by atoms with Crippen LogP contribution < -0.4 is 21.6 Å². The molecule has 0 bridgehead atoms. The van der Waals surface area contributed by atoms with Crippen molar-refractivity contribution in [2.75, 3.05) is 0 Å². The summed E-state index contributed by atoms with van der Waals surface area (Å²) in [6, 6.07) is 26.4. The largest absolute Gasteiger partial charge is 0.464 e. The Balaban J connectivity index is 1.57. The molecule has 2 heterocycles. The van der Waals surface area contributed by atoms with Crippen LogP contribution in [0.1, 0.15) is 37.3 Å². The highest BCUT2D eigenvalue weighted by molar-refractivity contribution is 7.74. The normalized spacial score (nSPS) is 19.4. The van der Waals surface area contributed by atoms with Gasteiger partial charge in [-0.25, -0.2) is 0 Å². The predicted molar refractivity (Wildman–Crippen MR) is 143 cm³/mol. The highest BCUT2D eigenvalue weighted by Crippen LogP contribution is 2.56. The van der Waals surface area contributed by atoms with Gasteiger partial charge in [-0.1, -0.05) is 61.9 Å². The van der Waals surface area contributed by atoms with Gasteiger partial charge in [0, 0.05) is 7.92 Å². The molecule has 2 aromatic carbocycles. The van der Waals surface area contributed by atoms with Gasteiger partial charge in [0.1, 0.15) is 11.0 Å². The van der Waals surface area contributed by atoms with Crippen LogP contribution in [0, 0.1) is 19.8 Å². The van der Waals surface area contributed by atoms with E-state index in [1.54, 1.807) is 0 Å². The monoisotopic (exact) mass is 474 g/mol. The molecule has 3 atom stereocenters. The molecule has 170 valence electrons. The molecule has 0 amide bonds. The highest BCUT2D eigenvalue weighted by Gasteiger charge is 2.43. The predicted octanol–water partition coefficient (Wildman–Crippen LogP) is 6.61. The van der Waals surface area contributed by atoms with Gasteiger partial charge in [0.05, 0.1) is 12.5 Å². The van der Waals surface area contributed by atoms with Crippen molar-refractivity contribution in [3.63, 3.8) is 0 Å². The fourth-order valence-corrected chi connectivity index (χ4v) is 11.9. The molecule has 1 saturated carbocycles. The maximum absolute atomic E-state index is 6.00. The Bertz CT molecular complexity index is 1090. The van der Waals surface area contributed by atoms with Crippen LogP contribution in [0.15, 0.2) is 94.2 Å². The first-order valence-electron chi connectivity index (χ1n) is 11.9. The van der Waals surface area contributed by atoms with Gasteiger partial charge in [0.15, 0.2) is 0 Å². The second-order valence-corrected chi connectivity index (χ2v) is 13.9. The van der Waals surface area contributed by atoms with E-state index in [1.165, 1.54) is 41.0 Å². The van der Waals surface area contributed by atoms with Gasteiger partial charge in [0.2, 0.25) is 0 Å². The molecule has 1 fully saturated rings. The average Bonchev–Trinajstić information content (AvgIpc) is 3.61. The van der Waals surface area contributed by atoms with Crippen molar-refractivity contribution in [1.29, 1.82) is 0 Å². The van der Waals surface area contributed by atoms with Gasteiger partial charge in [-0.2, -0.15) is 0 Å². The van der Waals surface area contributed by atoms with Crippen molar-refractivity contribution >= 4 is 37.5 Å². The summed E-state index contributed by atoms with van der Waals surface area (Å²) in [4.78, 5) is 0. The fourth-order valence-electron chi connectivity index (χ4n) is 5.53. The Morgan fingerprint density at radius 1 is 0.727 bits per heavy atom. The van der Waals surface area contributed by atoms with E-state index in [4.69, 9.17) is 8.83 Å². The molecule has 4 heteroatoms. The third-order valence-electron chi connectivity index (χ3n) is 7.13. The number of hydrogen-bond donors (Lipinski definition) is 0. The summed E-state index contributed by atoms with van der Waals surface area (Å²) in [7, 11) is -1.13. The van der Waals surface area contributed by atoms with Crippen molar-refractivity contribution in [2.24, 2.45) is 5.92 Å². The molecule has 1 aliphatic rings. The molecular formula is C29H32O2P2. The van der Waals surface area contributed by atoms with Crippen LogP contribution in [0.2, 0.25) is 0 Å². The van der Waals surface area contributed by atoms with Crippen molar-refractivity contribution < 1.29 is 8.83 Å². The molecule has 0 radical (unpaired) electrons. The molecule has 0 saturated heterocycles. The van der Waals surface area contributed by atoms with Gasteiger partial charge >= 0.3 is 0 Å². The van der Waals surface area contributed by atoms with E-state index in [9.17, 15) is 0 Å². The number of aryl methyl sites for hydroxylation is 2. The summed E-state index contributed by atoms with van der Waals surface area (Å²) in [6.07, 6.45) is 7.43. The van der Waals surface area contributed by atoms with E-state index >= 15 is 0 Å². The second-order valence-electron chi connectivity index (χ2n) is 9.12. The lowest BCUT2D eigenvalue weighted by Crippen LogP contribution is -2.33. The van der Waals surface area contributed by atoms with E-state index in [-0.39, 0.29) is 0 Å². The standard InChI is InChI=1S/C29H32O2P2/c1-21-11-4-6-14-25(21)32(26-15-7-5-12-22(26)2)23(3)24-13-8-16-27(24)33(28-17-9-19-30-28)29-18-10-20-31-29/h4-7,9-12,14-15,17-20,23-24,27H,8,13,16H2,1-3H3/t23-,24?,27?/m0/s1. The Morgan fingerprint density at radius 3 is 1.76 bits per heavy atom. The van der Waals surface area contributed by atoms with Gasteiger partial charge in [-0.3, -0.25) is 0 Å². The van der Waals surface area contributed by atoms with Crippen LogP contribution in [-0.2, 0) is 0 Å². The Morgan fingerprint density at radius 2 is 1.27 bits per heavy atom. The minimum absolute atomic E-state index is 0.482. The van der Waals surface area contributed by atoms with Crippen molar-refractivity contribution in [1.82, 2.24) is 0 Å². The number of rotatable bonds is 7. The third-order valence-corrected chi connectivity index (χ3v) is 13.1. The van der Waals surface area contributed by atoms with E-state index in [0.29, 0.717) is 17.2 Å². The van der Waals surface area contributed by atoms with Crippen LogP contribution in [0.25, 0.3) is 0 Å². The molecule has 33 heavy (non-hydrogen) atoms. The van der Waals surface area contributed by atoms with Gasteiger partial charge in [-0.05, 0) is 97.8 Å². The molecule has 2 nitrogen and oxygen atoms in total. The highest BCUT2D eigenvalue weighted by atomic mass is 31.1. The Kier molecular flexibility index (Phi) is 6.86. The summed E-state index contributed by atoms with van der Waals surface area (Å²) in [5, 5.41) is 3.06. The Hall–Kier alpha value is -2.14. The molecule has 5 rings (SSSR count). The summed E-state index contributed by atoms with van der Waals surface area (Å²) in [5.41, 5.74) is 6.16. The lowest BCUT2D eigenvalue weighted by atomic mass is 10.0. The van der Waals surface area contributed by atoms with E-state index < -0.39 is 15.8 Å². The SMILES string of the molecule is Cc1ccccc1P(c1ccccc1C)[C@@H](C)C1CCCC1P(c1ccco1)c1ccco1. The van der Waals surface area contributed by atoms with Crippen molar-refractivity contribution in [3.05, 3.63) is 96.4 Å². The van der Waals surface area contributed by atoms with Crippen LogP contribution in [0.4, 0.5) is 0 Å². The van der Waals surface area contributed by atoms with Crippen molar-refractivity contribution in [2.45, 2.75) is 51.4 Å². The lowest BCUT2D eigenvalue weighted by Gasteiger charge is -2.36. The first kappa shape index (κ1) is 22.6. The van der Waals surface area contributed by atoms with E-state index in [0.717, 1.165) is 11.0 Å². The third kappa shape index (κ3) is 4.49. The summed E-state index contributed by atoms with van der Waals surface area (Å²) in [5.74, 6) is 0.636. The van der Waals surface area contributed by atoms with Crippen LogP contribution in [0.3, 0.4) is 0 Å². The summed E-state index contributed by atoms with van der Waals surface area (Å²) in [6.45, 7) is 7.08. The Labute approximate surface area is 199 Å². The van der Waals surface area contributed by atoms with Gasteiger partial charge < -0.3 is 8.83 Å². The smallest absolute Gasteiger partial charge is 0.133 e. The summed E-state index contributed by atoms with van der Waals surface area (Å²) < 4.78 is 12.0. The zero-order valence-electron chi connectivity index (χ0n) is 19.6. The molecule has 4 aromatic rings. The topological polar surface area (TPSA) is 26.3 Å². The minimum Gasteiger partial charge on any atom is -0.464 e. The quantitative estimate of drug-likeness (QED) is 0.282. The lowest BCUT2D eigenvalue weighted by molar-refractivity contribution is 0.540. The molecule has 1 aliphatic carbocycles. The fraction of sp³-hybridized carbons (Fsp3) is 0.310. The molecule has 0 aliphatic heterocycles. The number of hydrogen-bond acceptors (Lipinski definition) is 2. The molecule has 0 N–H and O–H groups in total. The number of benzene rings is 2. The maximum atomic E-state index is 6.00. The molecule has 2 unspecified atom stereocenters. The first-order valence-corrected chi connectivity index (χ1v) is 14.7. The van der Waals surface area contributed by atoms with E-state index in [2.05, 4.69) is 81.4 Å². The summed E-state index contributed by atoms with van der Waals surface area (Å²) >= 11 is 0. The van der Waals surface area contributed by atoms with Crippen LogP contribution in [-0.4, -0.2) is 11.3 Å². The average molecular weight is 475 g/mol. The first-order chi connectivity index (χ1) is 16.1. The molecule has 2 aromatic heterocycles. The zero-order chi connectivity index (χ0) is 22.8. The van der Waals surface area contributed by atoms with Gasteiger partial charge in [-0.15, -0.1) is 0 Å². The number of furan rings is 2. The molecule has 0 spiro atoms. The zero-order valence-corrected chi connectivity index (χ0v) is 21.4. The van der Waals surface area contributed by atoms with E-state index in [1.807, 2.05) is 24.7 Å². The van der Waals surface area contributed by atoms with Crippen LogP contribution >= 0.6 is 15.8 Å². The minimum atomic E-state index is -0.651. The maximum Gasteiger partial charge on any atom is 0.133 e. The van der Waals surface area contributed by atoms with Crippen molar-refractivity contribution in [3.8, 4) is 0 Å². The van der Waals surface area contributed by atoms with Crippen LogP contribution in [0.5, 0.6) is 0 Å². The second kappa shape index (κ2) is 10.0.